The zero-order valence-electron chi connectivity index (χ0n) is 10.0. The summed E-state index contributed by atoms with van der Waals surface area (Å²) in [6.07, 6.45) is -0.0293. The predicted octanol–water partition coefficient (Wildman–Crippen LogP) is 3.05. The average Bonchev–Trinajstić information content (AvgIpc) is 2.32. The number of esters is 1. The minimum atomic E-state index is -2.91. The smallest absolute Gasteiger partial charge is 0.387 e. The number of ether oxygens (including phenoxy) is 2. The van der Waals surface area contributed by atoms with Crippen LogP contribution >= 0.6 is 11.6 Å². The summed E-state index contributed by atoms with van der Waals surface area (Å²) in [5.41, 5.74) is 1.76. The van der Waals surface area contributed by atoms with Crippen LogP contribution in [0, 0.1) is 6.92 Å². The number of methoxy groups -OCH3 is 1. The first-order chi connectivity index (χ1) is 8.47. The Kier molecular flexibility index (Phi) is 5.34. The third-order valence-corrected chi connectivity index (χ3v) is 2.71. The van der Waals surface area contributed by atoms with Crippen molar-refractivity contribution < 1.29 is 23.0 Å². The second-order valence-corrected chi connectivity index (χ2v) is 3.92. The zero-order chi connectivity index (χ0) is 13.7. The summed E-state index contributed by atoms with van der Waals surface area (Å²) in [5, 5.41) is 0. The van der Waals surface area contributed by atoms with Gasteiger partial charge in [-0.2, -0.15) is 8.78 Å². The molecule has 0 bridgehead atoms. The summed E-state index contributed by atoms with van der Waals surface area (Å²) in [7, 11) is 1.26. The highest BCUT2D eigenvalue weighted by Gasteiger charge is 2.14. The molecule has 0 radical (unpaired) electrons. The maximum Gasteiger partial charge on any atom is 0.387 e. The van der Waals surface area contributed by atoms with Gasteiger partial charge in [0.15, 0.2) is 0 Å². The van der Waals surface area contributed by atoms with E-state index in [4.69, 9.17) is 11.6 Å². The van der Waals surface area contributed by atoms with Crippen molar-refractivity contribution in [2.24, 2.45) is 0 Å². The molecule has 0 heterocycles. The first-order valence-electron chi connectivity index (χ1n) is 5.18. The Balaban J connectivity index is 3.09. The van der Waals surface area contributed by atoms with Crippen molar-refractivity contribution in [3.8, 4) is 5.75 Å². The number of carbonyl (C=O) groups excluding carboxylic acids is 1. The molecule has 18 heavy (non-hydrogen) atoms. The van der Waals surface area contributed by atoms with E-state index in [1.54, 1.807) is 13.0 Å². The number of alkyl halides is 3. The number of hydrogen-bond donors (Lipinski definition) is 0. The van der Waals surface area contributed by atoms with Crippen LogP contribution < -0.4 is 4.74 Å². The molecule has 0 saturated heterocycles. The van der Waals surface area contributed by atoms with Crippen LogP contribution in [0.3, 0.4) is 0 Å². The molecule has 0 aliphatic carbocycles. The maximum absolute atomic E-state index is 12.2. The van der Waals surface area contributed by atoms with Crippen LogP contribution in [0.2, 0.25) is 0 Å². The van der Waals surface area contributed by atoms with Gasteiger partial charge in [-0.3, -0.25) is 4.79 Å². The van der Waals surface area contributed by atoms with Gasteiger partial charge in [0.1, 0.15) is 5.75 Å². The number of rotatable bonds is 5. The second-order valence-electron chi connectivity index (χ2n) is 3.65. The molecule has 0 spiro atoms. The molecule has 0 atom stereocenters. The first-order valence-corrected chi connectivity index (χ1v) is 5.71. The molecule has 0 aliphatic heterocycles. The monoisotopic (exact) mass is 278 g/mol. The third kappa shape index (κ3) is 3.84. The van der Waals surface area contributed by atoms with Gasteiger partial charge in [-0.1, -0.05) is 6.07 Å². The Bertz CT molecular complexity index is 436. The summed E-state index contributed by atoms with van der Waals surface area (Å²) in [6, 6.07) is 3.03. The topological polar surface area (TPSA) is 35.5 Å². The van der Waals surface area contributed by atoms with Crippen LogP contribution in [0.1, 0.15) is 16.7 Å². The van der Waals surface area contributed by atoms with Gasteiger partial charge in [0.25, 0.3) is 0 Å². The van der Waals surface area contributed by atoms with E-state index in [1.165, 1.54) is 13.2 Å². The third-order valence-electron chi connectivity index (χ3n) is 2.42. The molecule has 0 N–H and O–H groups in total. The van der Waals surface area contributed by atoms with Gasteiger partial charge in [-0.05, 0) is 29.7 Å². The van der Waals surface area contributed by atoms with Gasteiger partial charge in [0.05, 0.1) is 13.5 Å². The van der Waals surface area contributed by atoms with Crippen molar-refractivity contribution in [1.82, 2.24) is 0 Å². The predicted molar refractivity (Wildman–Crippen MR) is 63.1 cm³/mol. The molecule has 0 amide bonds. The summed E-state index contributed by atoms with van der Waals surface area (Å²) in [6.45, 7) is -1.27. The lowest BCUT2D eigenvalue weighted by Gasteiger charge is -2.13. The zero-order valence-corrected chi connectivity index (χ0v) is 10.8. The van der Waals surface area contributed by atoms with E-state index in [1.807, 2.05) is 0 Å². The molecule has 1 aromatic carbocycles. The van der Waals surface area contributed by atoms with E-state index in [0.717, 1.165) is 0 Å². The first kappa shape index (κ1) is 14.7. The highest BCUT2D eigenvalue weighted by atomic mass is 35.5. The Labute approximate surface area is 109 Å². The standard InChI is InChI=1S/C12H13ClF2O3/c1-7-3-9(6-13)8(5-11(16)17-2)4-10(7)18-12(14)15/h3-4,12H,5-6H2,1-2H3. The molecule has 0 aliphatic rings. The quantitative estimate of drug-likeness (QED) is 0.613. The van der Waals surface area contributed by atoms with Gasteiger partial charge in [-0.15, -0.1) is 11.6 Å². The van der Waals surface area contributed by atoms with E-state index < -0.39 is 12.6 Å². The van der Waals surface area contributed by atoms with Gasteiger partial charge < -0.3 is 9.47 Å². The van der Waals surface area contributed by atoms with Crippen LogP contribution in [-0.4, -0.2) is 19.7 Å². The average molecular weight is 279 g/mol. The Morgan fingerprint density at radius 2 is 2.06 bits per heavy atom. The fraction of sp³-hybridized carbons (Fsp3) is 0.417. The van der Waals surface area contributed by atoms with Crippen molar-refractivity contribution in [1.29, 1.82) is 0 Å². The van der Waals surface area contributed by atoms with Crippen molar-refractivity contribution in [2.75, 3.05) is 7.11 Å². The lowest BCUT2D eigenvalue weighted by molar-refractivity contribution is -0.139. The molecule has 1 rings (SSSR count). The Morgan fingerprint density at radius 1 is 1.39 bits per heavy atom. The minimum Gasteiger partial charge on any atom is -0.469 e. The fourth-order valence-electron chi connectivity index (χ4n) is 1.53. The Hall–Kier alpha value is -1.36. The largest absolute Gasteiger partial charge is 0.469 e. The molecule has 3 nitrogen and oxygen atoms in total. The number of carbonyl (C=O) groups is 1. The maximum atomic E-state index is 12.2. The molecule has 6 heteroatoms. The summed E-state index contributed by atoms with van der Waals surface area (Å²) in [5.74, 6) is -0.242. The number of benzene rings is 1. The summed E-state index contributed by atoms with van der Waals surface area (Å²) >= 11 is 5.75. The number of aryl methyl sites for hydroxylation is 1. The van der Waals surface area contributed by atoms with Crippen LogP contribution in [0.25, 0.3) is 0 Å². The van der Waals surface area contributed by atoms with Gasteiger partial charge in [0.2, 0.25) is 0 Å². The fourth-order valence-corrected chi connectivity index (χ4v) is 1.78. The highest BCUT2D eigenvalue weighted by Crippen LogP contribution is 2.26. The lowest BCUT2D eigenvalue weighted by atomic mass is 10.0. The molecule has 1 aromatic rings. The van der Waals surface area contributed by atoms with Crippen LogP contribution in [0.15, 0.2) is 12.1 Å². The minimum absolute atomic E-state index is 0.0293. The van der Waals surface area contributed by atoms with Gasteiger partial charge in [0, 0.05) is 5.88 Å². The molecule has 100 valence electrons. The summed E-state index contributed by atoms with van der Waals surface area (Å²) < 4.78 is 33.3. The molecular weight excluding hydrogens is 266 g/mol. The summed E-state index contributed by atoms with van der Waals surface area (Å²) in [4.78, 5) is 11.2. The molecule has 0 saturated carbocycles. The van der Waals surface area contributed by atoms with Crippen molar-refractivity contribution in [3.63, 3.8) is 0 Å². The number of halogens is 3. The van der Waals surface area contributed by atoms with E-state index in [9.17, 15) is 13.6 Å². The Morgan fingerprint density at radius 3 is 2.56 bits per heavy atom. The van der Waals surface area contributed by atoms with Gasteiger partial charge >= 0.3 is 12.6 Å². The molecule has 0 fully saturated rings. The number of hydrogen-bond acceptors (Lipinski definition) is 3. The van der Waals surface area contributed by atoms with Crippen molar-refractivity contribution in [2.45, 2.75) is 25.8 Å². The molecular formula is C12H13ClF2O3. The molecule has 0 aromatic heterocycles. The highest BCUT2D eigenvalue weighted by molar-refractivity contribution is 6.17. The van der Waals surface area contributed by atoms with E-state index in [0.29, 0.717) is 16.7 Å². The van der Waals surface area contributed by atoms with E-state index in [-0.39, 0.29) is 18.1 Å². The van der Waals surface area contributed by atoms with Crippen LogP contribution in [0.5, 0.6) is 5.75 Å². The van der Waals surface area contributed by atoms with Gasteiger partial charge in [-0.25, -0.2) is 0 Å². The van der Waals surface area contributed by atoms with Crippen molar-refractivity contribution >= 4 is 17.6 Å². The van der Waals surface area contributed by atoms with Crippen LogP contribution in [-0.2, 0) is 21.8 Å². The van der Waals surface area contributed by atoms with Crippen molar-refractivity contribution in [3.05, 3.63) is 28.8 Å². The molecule has 0 unspecified atom stereocenters. The van der Waals surface area contributed by atoms with E-state index >= 15 is 0 Å². The van der Waals surface area contributed by atoms with E-state index in [2.05, 4.69) is 9.47 Å². The SMILES string of the molecule is COC(=O)Cc1cc(OC(F)F)c(C)cc1CCl. The lowest BCUT2D eigenvalue weighted by Crippen LogP contribution is -2.09. The van der Waals surface area contributed by atoms with Crippen LogP contribution in [0.4, 0.5) is 8.78 Å². The second kappa shape index (κ2) is 6.54. The normalized spacial score (nSPS) is 10.6.